The monoisotopic (exact) mass is 261 g/mol. The largest absolute Gasteiger partial charge is 0.154 e. The minimum Gasteiger partial charge on any atom is -0.0624 e. The zero-order chi connectivity index (χ0) is 12.9. The molecule has 0 N–H and O–H groups in total. The number of benzene rings is 3. The Morgan fingerprint density at radius 2 is 0.684 bits per heavy atom. The van der Waals surface area contributed by atoms with Crippen LogP contribution >= 0.6 is 0 Å². The first kappa shape index (κ1) is 11.9. The van der Waals surface area contributed by atoms with Crippen molar-refractivity contribution in [3.8, 4) is 0 Å². The van der Waals surface area contributed by atoms with Crippen LogP contribution in [-0.4, -0.2) is 8.80 Å². The molecule has 0 saturated carbocycles. The molecule has 0 aliphatic carbocycles. The van der Waals surface area contributed by atoms with E-state index in [4.69, 9.17) is 0 Å². The number of rotatable bonds is 3. The molecule has 0 bridgehead atoms. The fourth-order valence-electron chi connectivity index (χ4n) is 2.31. The Balaban J connectivity index is 0.00000147. The van der Waals surface area contributed by atoms with Crippen LogP contribution in [0.4, 0.5) is 0 Å². The van der Waals surface area contributed by atoms with Crippen LogP contribution in [0.5, 0.6) is 0 Å². The Labute approximate surface area is 117 Å². The van der Waals surface area contributed by atoms with Crippen LogP contribution in [0.3, 0.4) is 0 Å². The van der Waals surface area contributed by atoms with Crippen molar-refractivity contribution in [3.63, 3.8) is 0 Å². The van der Waals surface area contributed by atoms with E-state index in [1.807, 2.05) is 0 Å². The van der Waals surface area contributed by atoms with Gasteiger partial charge in [-0.3, -0.25) is 0 Å². The maximum atomic E-state index is 2.24. The van der Waals surface area contributed by atoms with Gasteiger partial charge in [0.25, 0.3) is 0 Å². The third kappa shape index (κ3) is 2.66. The van der Waals surface area contributed by atoms with Gasteiger partial charge >= 0.3 is 0 Å². The van der Waals surface area contributed by atoms with Crippen molar-refractivity contribution in [2.45, 2.75) is 0 Å². The van der Waals surface area contributed by atoms with Crippen LogP contribution in [0, 0.1) is 0 Å². The summed E-state index contributed by atoms with van der Waals surface area (Å²) in [6, 6.07) is 32.5. The normalized spacial score (nSPS) is 10.6. The molecule has 3 rings (SSSR count). The average Bonchev–Trinajstić information content (AvgIpc) is 2.51. The fourth-order valence-corrected chi connectivity index (χ4v) is 4.89. The van der Waals surface area contributed by atoms with Crippen LogP contribution in [0.2, 0.25) is 0 Å². The summed E-state index contributed by atoms with van der Waals surface area (Å²) in [4.78, 5) is 0. The van der Waals surface area contributed by atoms with E-state index in [0.29, 0.717) is 0 Å². The van der Waals surface area contributed by atoms with Gasteiger partial charge in [-0.1, -0.05) is 107 Å². The van der Waals surface area contributed by atoms with Crippen molar-refractivity contribution in [1.29, 1.82) is 0 Å². The lowest BCUT2D eigenvalue weighted by Crippen LogP contribution is -2.51. The quantitative estimate of drug-likeness (QED) is 0.502. The van der Waals surface area contributed by atoms with Crippen molar-refractivity contribution in [2.75, 3.05) is 0 Å². The van der Waals surface area contributed by atoms with Crippen LogP contribution < -0.4 is 15.6 Å². The van der Waals surface area contributed by atoms with Gasteiger partial charge in [-0.15, -0.1) is 0 Å². The van der Waals surface area contributed by atoms with Gasteiger partial charge in [-0.2, -0.15) is 0 Å². The molecule has 19 heavy (non-hydrogen) atoms. The molecule has 0 saturated heterocycles. The lowest BCUT2D eigenvalue weighted by molar-refractivity contribution is 1.71. The molecule has 1 radical (unpaired) electrons. The van der Waals surface area contributed by atoms with E-state index in [-0.39, 0.29) is 1.43 Å². The topological polar surface area (TPSA) is 0 Å². The van der Waals surface area contributed by atoms with Crippen LogP contribution in [-0.2, 0) is 0 Å². The Bertz CT molecular complexity index is 529. The zero-order valence-corrected chi connectivity index (χ0v) is 11.7. The predicted octanol–water partition coefficient (Wildman–Crippen LogP) is 2.45. The second-order valence-electron chi connectivity index (χ2n) is 4.47. The summed E-state index contributed by atoms with van der Waals surface area (Å²) in [5.74, 6) is 0. The minimum absolute atomic E-state index is 0. The van der Waals surface area contributed by atoms with E-state index in [9.17, 15) is 0 Å². The van der Waals surface area contributed by atoms with Crippen LogP contribution in [0.1, 0.15) is 1.43 Å². The molecule has 0 aliphatic heterocycles. The van der Waals surface area contributed by atoms with E-state index >= 15 is 0 Å². The first-order valence-electron chi connectivity index (χ1n) is 6.48. The predicted molar refractivity (Wildman–Crippen MR) is 86.1 cm³/mol. The maximum Gasteiger partial charge on any atom is 0.154 e. The van der Waals surface area contributed by atoms with E-state index < -0.39 is 8.80 Å². The van der Waals surface area contributed by atoms with Gasteiger partial charge in [0, 0.05) is 1.43 Å². The summed E-state index contributed by atoms with van der Waals surface area (Å²) < 4.78 is 0. The summed E-state index contributed by atoms with van der Waals surface area (Å²) in [5, 5.41) is 4.31. The molecule has 93 valence electrons. The highest BCUT2D eigenvalue weighted by Gasteiger charge is 2.18. The molecular weight excluding hydrogens is 244 g/mol. The molecule has 0 aliphatic rings. The summed E-state index contributed by atoms with van der Waals surface area (Å²) in [5.41, 5.74) is 0. The first-order chi connectivity index (χ1) is 9.45. The lowest BCUT2D eigenvalue weighted by Gasteiger charge is -2.16. The van der Waals surface area contributed by atoms with E-state index in [0.717, 1.165) is 0 Å². The molecule has 3 aromatic carbocycles. The fraction of sp³-hybridized carbons (Fsp3) is 0. The standard InChI is InChI=1S/C18H15Si.H2/c1-4-10-16(11-5-1)19(17-12-6-2-7-13-17)18-14-8-3-9-15-18;/h1-15H;1H. The van der Waals surface area contributed by atoms with Gasteiger partial charge in [0.1, 0.15) is 0 Å². The van der Waals surface area contributed by atoms with E-state index in [2.05, 4.69) is 91.0 Å². The second kappa shape index (κ2) is 5.68. The zero-order valence-electron chi connectivity index (χ0n) is 10.7. The Kier molecular flexibility index (Phi) is 3.57. The van der Waals surface area contributed by atoms with Gasteiger partial charge in [0.15, 0.2) is 8.80 Å². The van der Waals surface area contributed by atoms with Crippen LogP contribution in [0.25, 0.3) is 0 Å². The first-order valence-corrected chi connectivity index (χ1v) is 7.98. The SMILES string of the molecule is [HH].c1ccc([Si](c2ccccc2)c2ccccc2)cc1. The van der Waals surface area contributed by atoms with Gasteiger partial charge < -0.3 is 0 Å². The van der Waals surface area contributed by atoms with Gasteiger partial charge in [0.2, 0.25) is 0 Å². The number of hydrogen-bond donors (Lipinski definition) is 0. The van der Waals surface area contributed by atoms with Gasteiger partial charge in [-0.05, 0) is 0 Å². The van der Waals surface area contributed by atoms with E-state index in [1.165, 1.54) is 15.6 Å². The Hall–Kier alpha value is -2.12. The van der Waals surface area contributed by atoms with Gasteiger partial charge in [0.05, 0.1) is 0 Å². The molecule has 0 atom stereocenters. The van der Waals surface area contributed by atoms with Crippen molar-refractivity contribution >= 4 is 24.4 Å². The highest BCUT2D eigenvalue weighted by molar-refractivity contribution is 6.95. The minimum atomic E-state index is -0.877. The van der Waals surface area contributed by atoms with Crippen molar-refractivity contribution in [2.24, 2.45) is 0 Å². The van der Waals surface area contributed by atoms with Crippen molar-refractivity contribution in [1.82, 2.24) is 0 Å². The lowest BCUT2D eigenvalue weighted by atomic mass is 10.3. The summed E-state index contributed by atoms with van der Waals surface area (Å²) >= 11 is 0. The summed E-state index contributed by atoms with van der Waals surface area (Å²) in [7, 11) is -0.877. The molecule has 0 fully saturated rings. The summed E-state index contributed by atoms with van der Waals surface area (Å²) in [6.07, 6.45) is 0. The second-order valence-corrected chi connectivity index (χ2v) is 6.96. The molecule has 0 heterocycles. The van der Waals surface area contributed by atoms with Crippen LogP contribution in [0.15, 0.2) is 91.0 Å². The molecule has 0 nitrogen and oxygen atoms in total. The number of hydrogen-bond acceptors (Lipinski definition) is 0. The maximum absolute atomic E-state index is 2.24. The molecule has 1 heteroatoms. The average molecular weight is 261 g/mol. The highest BCUT2D eigenvalue weighted by Crippen LogP contribution is 1.95. The molecular formula is C18H17Si. The Morgan fingerprint density at radius 3 is 0.947 bits per heavy atom. The highest BCUT2D eigenvalue weighted by atomic mass is 28.3. The Morgan fingerprint density at radius 1 is 0.421 bits per heavy atom. The van der Waals surface area contributed by atoms with Crippen molar-refractivity contribution in [3.05, 3.63) is 91.0 Å². The summed E-state index contributed by atoms with van der Waals surface area (Å²) in [6.45, 7) is 0. The van der Waals surface area contributed by atoms with E-state index in [1.54, 1.807) is 0 Å². The third-order valence-corrected chi connectivity index (χ3v) is 5.92. The molecule has 0 unspecified atom stereocenters. The molecule has 3 aromatic rings. The van der Waals surface area contributed by atoms with Gasteiger partial charge in [-0.25, -0.2) is 0 Å². The molecule has 0 aromatic heterocycles. The third-order valence-electron chi connectivity index (χ3n) is 3.19. The smallest absolute Gasteiger partial charge is 0.0624 e. The molecule has 0 spiro atoms. The van der Waals surface area contributed by atoms with Crippen molar-refractivity contribution < 1.29 is 1.43 Å². The molecule has 0 amide bonds.